The highest BCUT2D eigenvalue weighted by Crippen LogP contribution is 2.29. The molecule has 0 spiro atoms. The van der Waals surface area contributed by atoms with E-state index in [1.165, 1.54) is 5.56 Å². The van der Waals surface area contributed by atoms with Gasteiger partial charge in [0.2, 0.25) is 5.91 Å². The van der Waals surface area contributed by atoms with E-state index in [4.69, 9.17) is 5.26 Å². The molecule has 0 aliphatic carbocycles. The SMILES string of the molecule is Cc1ccc(C(C)NC(=O)CN2C(=O)NC(C)(c3ccc(C#N)cc3)C2=O)cc1C. The Hall–Kier alpha value is -3.66. The van der Waals surface area contributed by atoms with E-state index in [0.717, 1.165) is 16.0 Å². The number of carbonyl (C=O) groups is 3. The summed E-state index contributed by atoms with van der Waals surface area (Å²) < 4.78 is 0. The minimum Gasteiger partial charge on any atom is -0.348 e. The number of aryl methyl sites for hydroxylation is 2. The number of benzene rings is 2. The molecule has 1 aliphatic rings. The molecule has 7 heteroatoms. The molecule has 3 rings (SSSR count). The van der Waals surface area contributed by atoms with Gasteiger partial charge in [-0.05, 0) is 62.1 Å². The van der Waals surface area contributed by atoms with Gasteiger partial charge in [0.25, 0.3) is 5.91 Å². The molecule has 0 radical (unpaired) electrons. The van der Waals surface area contributed by atoms with Crippen molar-refractivity contribution in [2.24, 2.45) is 0 Å². The van der Waals surface area contributed by atoms with Crippen molar-refractivity contribution in [3.63, 3.8) is 0 Å². The maximum atomic E-state index is 13.0. The Bertz CT molecular complexity index is 1060. The van der Waals surface area contributed by atoms with E-state index >= 15 is 0 Å². The first-order valence-corrected chi connectivity index (χ1v) is 9.67. The van der Waals surface area contributed by atoms with Crippen LogP contribution < -0.4 is 10.6 Å². The Balaban J connectivity index is 1.70. The highest BCUT2D eigenvalue weighted by Gasteiger charge is 2.49. The highest BCUT2D eigenvalue weighted by atomic mass is 16.2. The first kappa shape index (κ1) is 21.1. The lowest BCUT2D eigenvalue weighted by Gasteiger charge is -2.22. The van der Waals surface area contributed by atoms with Crippen LogP contribution in [0.2, 0.25) is 0 Å². The average Bonchev–Trinajstić information content (AvgIpc) is 2.94. The van der Waals surface area contributed by atoms with Gasteiger partial charge in [0.05, 0.1) is 17.7 Å². The predicted molar refractivity (Wildman–Crippen MR) is 111 cm³/mol. The Morgan fingerprint density at radius 2 is 1.83 bits per heavy atom. The van der Waals surface area contributed by atoms with E-state index in [2.05, 4.69) is 10.6 Å². The molecule has 2 unspecified atom stereocenters. The van der Waals surface area contributed by atoms with E-state index in [0.29, 0.717) is 11.1 Å². The molecule has 2 aromatic carbocycles. The summed E-state index contributed by atoms with van der Waals surface area (Å²) in [6.45, 7) is 7.10. The lowest BCUT2D eigenvalue weighted by molar-refractivity contribution is -0.135. The second-order valence-corrected chi connectivity index (χ2v) is 7.77. The first-order valence-electron chi connectivity index (χ1n) is 9.67. The standard InChI is InChI=1S/C23H24N4O3/c1-14-5-8-18(11-15(14)2)16(3)25-20(28)13-27-21(29)23(4,26-22(27)30)19-9-6-17(12-24)7-10-19/h5-11,16H,13H2,1-4H3,(H,25,28)(H,26,30). The van der Waals surface area contributed by atoms with Crippen LogP contribution in [0.15, 0.2) is 42.5 Å². The Labute approximate surface area is 175 Å². The van der Waals surface area contributed by atoms with Crippen LogP contribution in [0.3, 0.4) is 0 Å². The van der Waals surface area contributed by atoms with Gasteiger partial charge in [-0.1, -0.05) is 30.3 Å². The number of imide groups is 1. The number of carbonyl (C=O) groups excluding carboxylic acids is 3. The van der Waals surface area contributed by atoms with Gasteiger partial charge in [-0.15, -0.1) is 0 Å². The van der Waals surface area contributed by atoms with Crippen LogP contribution >= 0.6 is 0 Å². The minimum absolute atomic E-state index is 0.262. The van der Waals surface area contributed by atoms with Gasteiger partial charge in [0.15, 0.2) is 0 Å². The van der Waals surface area contributed by atoms with Crippen molar-refractivity contribution in [1.82, 2.24) is 15.5 Å². The molecule has 0 aromatic heterocycles. The Morgan fingerprint density at radius 1 is 1.17 bits per heavy atom. The third-order valence-corrected chi connectivity index (χ3v) is 5.58. The molecule has 154 valence electrons. The maximum absolute atomic E-state index is 13.0. The van der Waals surface area contributed by atoms with Crippen LogP contribution in [0, 0.1) is 25.2 Å². The monoisotopic (exact) mass is 404 g/mol. The third kappa shape index (κ3) is 3.90. The fourth-order valence-electron chi connectivity index (χ4n) is 3.46. The van der Waals surface area contributed by atoms with Crippen LogP contribution in [0.4, 0.5) is 4.79 Å². The Kier molecular flexibility index (Phi) is 5.61. The molecular formula is C23H24N4O3. The summed E-state index contributed by atoms with van der Waals surface area (Å²) in [5, 5.41) is 14.4. The molecule has 0 bridgehead atoms. The topological polar surface area (TPSA) is 102 Å². The molecule has 4 amide bonds. The summed E-state index contributed by atoms with van der Waals surface area (Å²) >= 11 is 0. The zero-order valence-electron chi connectivity index (χ0n) is 17.4. The lowest BCUT2D eigenvalue weighted by Crippen LogP contribution is -2.43. The molecule has 1 aliphatic heterocycles. The normalized spacial score (nSPS) is 19.2. The largest absolute Gasteiger partial charge is 0.348 e. The molecule has 2 N–H and O–H groups in total. The molecule has 1 saturated heterocycles. The van der Waals surface area contributed by atoms with Gasteiger partial charge in [0, 0.05) is 0 Å². The van der Waals surface area contributed by atoms with Crippen molar-refractivity contribution in [2.45, 2.75) is 39.3 Å². The van der Waals surface area contributed by atoms with Gasteiger partial charge < -0.3 is 10.6 Å². The minimum atomic E-state index is -1.29. The second-order valence-electron chi connectivity index (χ2n) is 7.77. The van der Waals surface area contributed by atoms with Crippen LogP contribution in [0.25, 0.3) is 0 Å². The van der Waals surface area contributed by atoms with E-state index in [1.54, 1.807) is 31.2 Å². The van der Waals surface area contributed by atoms with E-state index < -0.39 is 23.4 Å². The molecular weight excluding hydrogens is 380 g/mol. The first-order chi connectivity index (χ1) is 14.2. The average molecular weight is 404 g/mol. The van der Waals surface area contributed by atoms with Crippen molar-refractivity contribution in [2.75, 3.05) is 6.54 Å². The van der Waals surface area contributed by atoms with Crippen LogP contribution in [0.1, 0.15) is 47.7 Å². The predicted octanol–water partition coefficient (Wildman–Crippen LogP) is 2.82. The maximum Gasteiger partial charge on any atom is 0.325 e. The van der Waals surface area contributed by atoms with Gasteiger partial charge in [-0.2, -0.15) is 5.26 Å². The number of rotatable bonds is 5. The van der Waals surface area contributed by atoms with Crippen molar-refractivity contribution in [3.8, 4) is 6.07 Å². The smallest absolute Gasteiger partial charge is 0.325 e. The molecule has 2 atom stereocenters. The lowest BCUT2D eigenvalue weighted by atomic mass is 9.91. The van der Waals surface area contributed by atoms with Gasteiger partial charge >= 0.3 is 6.03 Å². The molecule has 0 saturated carbocycles. The summed E-state index contributed by atoms with van der Waals surface area (Å²) in [6.07, 6.45) is 0. The fraction of sp³-hybridized carbons (Fsp3) is 0.304. The zero-order chi connectivity index (χ0) is 22.1. The molecule has 30 heavy (non-hydrogen) atoms. The van der Waals surface area contributed by atoms with Crippen molar-refractivity contribution < 1.29 is 14.4 Å². The Morgan fingerprint density at radius 3 is 2.43 bits per heavy atom. The number of urea groups is 1. The molecule has 7 nitrogen and oxygen atoms in total. The summed E-state index contributed by atoms with van der Waals surface area (Å²) in [7, 11) is 0. The van der Waals surface area contributed by atoms with Crippen molar-refractivity contribution in [1.29, 1.82) is 5.26 Å². The van der Waals surface area contributed by atoms with Crippen LogP contribution in [0.5, 0.6) is 0 Å². The number of nitrogens with one attached hydrogen (secondary N) is 2. The summed E-state index contributed by atoms with van der Waals surface area (Å²) in [4.78, 5) is 38.8. The quantitative estimate of drug-likeness (QED) is 0.748. The summed E-state index contributed by atoms with van der Waals surface area (Å²) in [5.41, 5.74) is 2.96. The number of hydrogen-bond acceptors (Lipinski definition) is 4. The third-order valence-electron chi connectivity index (χ3n) is 5.58. The molecule has 1 fully saturated rings. The summed E-state index contributed by atoms with van der Waals surface area (Å²) in [6, 6.07) is 13.5. The van der Waals surface area contributed by atoms with E-state index in [9.17, 15) is 14.4 Å². The van der Waals surface area contributed by atoms with E-state index in [1.807, 2.05) is 45.0 Å². The molecule has 1 heterocycles. The van der Waals surface area contributed by atoms with Gasteiger partial charge in [0.1, 0.15) is 12.1 Å². The van der Waals surface area contributed by atoms with Crippen LogP contribution in [-0.2, 0) is 15.1 Å². The second kappa shape index (κ2) is 7.99. The molecule has 2 aromatic rings. The summed E-state index contributed by atoms with van der Waals surface area (Å²) in [5.74, 6) is -0.931. The van der Waals surface area contributed by atoms with E-state index in [-0.39, 0.29) is 12.6 Å². The zero-order valence-corrected chi connectivity index (χ0v) is 17.4. The van der Waals surface area contributed by atoms with Gasteiger partial charge in [-0.25, -0.2) is 4.79 Å². The van der Waals surface area contributed by atoms with Crippen molar-refractivity contribution in [3.05, 3.63) is 70.3 Å². The number of nitrogens with zero attached hydrogens (tertiary/aromatic N) is 2. The van der Waals surface area contributed by atoms with Crippen LogP contribution in [-0.4, -0.2) is 29.3 Å². The number of nitriles is 1. The van der Waals surface area contributed by atoms with Gasteiger partial charge in [-0.3, -0.25) is 14.5 Å². The number of hydrogen-bond donors (Lipinski definition) is 2. The highest BCUT2D eigenvalue weighted by molar-refractivity contribution is 6.09. The number of amides is 4. The van der Waals surface area contributed by atoms with Crippen molar-refractivity contribution >= 4 is 17.8 Å². The fourth-order valence-corrected chi connectivity index (χ4v) is 3.46.